The maximum absolute atomic E-state index is 14.4. The summed E-state index contributed by atoms with van der Waals surface area (Å²) in [6.45, 7) is 8.20. The van der Waals surface area contributed by atoms with E-state index in [-0.39, 0.29) is 12.5 Å². The lowest BCUT2D eigenvalue weighted by Gasteiger charge is -2.17. The molecule has 2 aromatic carbocycles. The van der Waals surface area contributed by atoms with Crippen LogP contribution in [-0.4, -0.2) is 51.6 Å². The zero-order valence-electron chi connectivity index (χ0n) is 18.3. The van der Waals surface area contributed by atoms with Gasteiger partial charge in [0.05, 0.1) is 15.8 Å². The van der Waals surface area contributed by atoms with Crippen molar-refractivity contribution in [3.05, 3.63) is 53.3 Å². The summed E-state index contributed by atoms with van der Waals surface area (Å²) in [6.07, 6.45) is 0.915. The van der Waals surface area contributed by atoms with Crippen LogP contribution in [0, 0.1) is 5.82 Å². The minimum Gasteiger partial charge on any atom is -0.352 e. The minimum absolute atomic E-state index is 0.0896. The molecule has 7 nitrogen and oxygen atoms in total. The number of hydrogen-bond acceptors (Lipinski definition) is 6. The van der Waals surface area contributed by atoms with Crippen LogP contribution in [0.5, 0.6) is 0 Å². The van der Waals surface area contributed by atoms with Crippen molar-refractivity contribution in [2.24, 2.45) is 5.73 Å². The van der Waals surface area contributed by atoms with Crippen LogP contribution in [0.15, 0.2) is 36.4 Å². The summed E-state index contributed by atoms with van der Waals surface area (Å²) >= 11 is 1.42. The number of amides is 1. The van der Waals surface area contributed by atoms with Crippen molar-refractivity contribution in [1.82, 2.24) is 24.8 Å². The number of benzene rings is 2. The van der Waals surface area contributed by atoms with E-state index in [4.69, 9.17) is 5.73 Å². The molecule has 1 amide bonds. The lowest BCUT2D eigenvalue weighted by Crippen LogP contribution is -2.29. The van der Waals surface area contributed by atoms with E-state index in [1.54, 1.807) is 22.7 Å². The van der Waals surface area contributed by atoms with E-state index in [2.05, 4.69) is 34.1 Å². The van der Waals surface area contributed by atoms with E-state index in [0.29, 0.717) is 28.5 Å². The number of nitrogens with two attached hydrogens (primary N) is 1. The van der Waals surface area contributed by atoms with Crippen LogP contribution >= 0.6 is 11.3 Å². The largest absolute Gasteiger partial charge is 0.352 e. The van der Waals surface area contributed by atoms with Gasteiger partial charge in [-0.05, 0) is 62.0 Å². The predicted molar refractivity (Wildman–Crippen MR) is 126 cm³/mol. The molecule has 4 rings (SSSR count). The standard InChI is InChI=1S/C23H27FN6OS/c1-3-29(4-2)11-5-10-26-22(31)16-7-9-19-20(13-16)32-23-27-21(28-30(19)23)17-8-6-15(14-25)12-18(17)24/h6-9,12-13H,3-5,10-11,14,25H2,1-2H3,(H,26,31). The van der Waals surface area contributed by atoms with Gasteiger partial charge in [0.15, 0.2) is 5.82 Å². The van der Waals surface area contributed by atoms with Gasteiger partial charge in [0.25, 0.3) is 5.91 Å². The summed E-state index contributed by atoms with van der Waals surface area (Å²) < 4.78 is 17.0. The van der Waals surface area contributed by atoms with Crippen LogP contribution in [0.3, 0.4) is 0 Å². The third-order valence-electron chi connectivity index (χ3n) is 5.57. The van der Waals surface area contributed by atoms with Gasteiger partial charge in [-0.2, -0.15) is 4.98 Å². The molecule has 0 aliphatic heterocycles. The number of hydrogen-bond donors (Lipinski definition) is 2. The molecule has 0 saturated carbocycles. The molecule has 0 bridgehead atoms. The van der Waals surface area contributed by atoms with E-state index < -0.39 is 5.82 Å². The van der Waals surface area contributed by atoms with Gasteiger partial charge >= 0.3 is 0 Å². The second-order valence-corrected chi connectivity index (χ2v) is 8.58. The summed E-state index contributed by atoms with van der Waals surface area (Å²) in [5.41, 5.74) is 8.07. The second kappa shape index (κ2) is 9.72. The summed E-state index contributed by atoms with van der Waals surface area (Å²) in [5.74, 6) is -0.155. The number of carbonyl (C=O) groups excluding carboxylic acids is 1. The van der Waals surface area contributed by atoms with Gasteiger partial charge in [-0.15, -0.1) is 5.10 Å². The normalized spacial score (nSPS) is 11.7. The smallest absolute Gasteiger partial charge is 0.251 e. The molecule has 0 unspecified atom stereocenters. The molecule has 32 heavy (non-hydrogen) atoms. The highest BCUT2D eigenvalue weighted by Crippen LogP contribution is 2.29. The second-order valence-electron chi connectivity index (χ2n) is 7.57. The molecule has 168 valence electrons. The van der Waals surface area contributed by atoms with Crippen LogP contribution in [0.25, 0.3) is 26.6 Å². The highest BCUT2D eigenvalue weighted by Gasteiger charge is 2.16. The zero-order valence-corrected chi connectivity index (χ0v) is 19.1. The molecule has 2 aromatic heterocycles. The van der Waals surface area contributed by atoms with Crippen LogP contribution in [0.1, 0.15) is 36.2 Å². The number of carbonyl (C=O) groups is 1. The van der Waals surface area contributed by atoms with E-state index in [9.17, 15) is 9.18 Å². The maximum atomic E-state index is 14.4. The first-order valence-corrected chi connectivity index (χ1v) is 11.6. The number of thiazole rings is 1. The Morgan fingerprint density at radius 2 is 2.03 bits per heavy atom. The Morgan fingerprint density at radius 3 is 2.75 bits per heavy atom. The molecule has 0 fully saturated rings. The third-order valence-corrected chi connectivity index (χ3v) is 6.56. The SMILES string of the molecule is CCN(CC)CCCNC(=O)c1ccc2c(c1)sc1nc(-c3ccc(CN)cc3F)nn12. The molecule has 4 aromatic rings. The summed E-state index contributed by atoms with van der Waals surface area (Å²) in [5, 5.41) is 7.49. The molecular formula is C23H27FN6OS. The van der Waals surface area contributed by atoms with Crippen molar-refractivity contribution in [2.45, 2.75) is 26.8 Å². The monoisotopic (exact) mass is 454 g/mol. The molecule has 3 N–H and O–H groups in total. The molecule has 0 aliphatic carbocycles. The maximum Gasteiger partial charge on any atom is 0.251 e. The van der Waals surface area contributed by atoms with E-state index in [1.807, 2.05) is 12.1 Å². The fraction of sp³-hybridized carbons (Fsp3) is 0.348. The third kappa shape index (κ3) is 4.50. The number of nitrogens with zero attached hydrogens (tertiary/aromatic N) is 4. The first-order valence-electron chi connectivity index (χ1n) is 10.8. The average molecular weight is 455 g/mol. The Hall–Kier alpha value is -2.88. The molecule has 0 atom stereocenters. The predicted octanol–water partition coefficient (Wildman–Crippen LogP) is 3.67. The number of halogens is 1. The summed E-state index contributed by atoms with van der Waals surface area (Å²) in [7, 11) is 0. The van der Waals surface area contributed by atoms with Crippen molar-refractivity contribution < 1.29 is 9.18 Å². The molecular weight excluding hydrogens is 427 g/mol. The fourth-order valence-corrected chi connectivity index (χ4v) is 4.66. The van der Waals surface area contributed by atoms with Crippen molar-refractivity contribution >= 4 is 32.4 Å². The molecule has 0 aliphatic rings. The quantitative estimate of drug-likeness (QED) is 0.377. The Bertz CT molecular complexity index is 1250. The fourth-order valence-electron chi connectivity index (χ4n) is 3.66. The topological polar surface area (TPSA) is 88.5 Å². The van der Waals surface area contributed by atoms with Crippen LogP contribution in [-0.2, 0) is 6.54 Å². The van der Waals surface area contributed by atoms with Gasteiger partial charge in [0.2, 0.25) is 4.96 Å². The molecule has 0 spiro atoms. The Balaban J connectivity index is 1.50. The van der Waals surface area contributed by atoms with Gasteiger partial charge in [-0.25, -0.2) is 8.91 Å². The van der Waals surface area contributed by atoms with E-state index >= 15 is 0 Å². The van der Waals surface area contributed by atoms with E-state index in [0.717, 1.165) is 41.8 Å². The lowest BCUT2D eigenvalue weighted by molar-refractivity contribution is 0.0952. The van der Waals surface area contributed by atoms with Crippen molar-refractivity contribution in [3.8, 4) is 11.4 Å². The number of fused-ring (bicyclic) bond motifs is 3. The lowest BCUT2D eigenvalue weighted by atomic mass is 10.1. The number of aromatic nitrogens is 3. The van der Waals surface area contributed by atoms with Crippen LogP contribution in [0.2, 0.25) is 0 Å². The number of rotatable bonds is 9. The molecule has 0 radical (unpaired) electrons. The van der Waals surface area contributed by atoms with Gasteiger partial charge in [0.1, 0.15) is 5.82 Å². The highest BCUT2D eigenvalue weighted by molar-refractivity contribution is 7.23. The van der Waals surface area contributed by atoms with Gasteiger partial charge in [0, 0.05) is 18.7 Å². The van der Waals surface area contributed by atoms with Crippen molar-refractivity contribution in [3.63, 3.8) is 0 Å². The zero-order chi connectivity index (χ0) is 22.7. The highest BCUT2D eigenvalue weighted by atomic mass is 32.1. The molecule has 9 heteroatoms. The molecule has 2 heterocycles. The van der Waals surface area contributed by atoms with Crippen LogP contribution in [0.4, 0.5) is 4.39 Å². The van der Waals surface area contributed by atoms with Gasteiger partial charge in [-0.1, -0.05) is 31.3 Å². The Labute approximate surface area is 190 Å². The first kappa shape index (κ1) is 22.3. The molecule has 0 saturated heterocycles. The number of nitrogens with one attached hydrogen (secondary N) is 1. The van der Waals surface area contributed by atoms with Gasteiger partial charge in [-0.3, -0.25) is 4.79 Å². The summed E-state index contributed by atoms with van der Waals surface area (Å²) in [4.78, 5) is 20.0. The van der Waals surface area contributed by atoms with E-state index in [1.165, 1.54) is 17.4 Å². The minimum atomic E-state index is -0.393. The van der Waals surface area contributed by atoms with Gasteiger partial charge < -0.3 is 16.0 Å². The van der Waals surface area contributed by atoms with Crippen molar-refractivity contribution in [1.29, 1.82) is 0 Å². The van der Waals surface area contributed by atoms with Crippen LogP contribution < -0.4 is 11.1 Å². The average Bonchev–Trinajstić information content (AvgIpc) is 3.36. The first-order chi connectivity index (χ1) is 15.5. The summed E-state index contributed by atoms with van der Waals surface area (Å²) in [6, 6.07) is 10.3. The Morgan fingerprint density at radius 1 is 1.22 bits per heavy atom. The van der Waals surface area contributed by atoms with Crippen molar-refractivity contribution in [2.75, 3.05) is 26.2 Å². The Kier molecular flexibility index (Phi) is 6.78.